The second-order valence-electron chi connectivity index (χ2n) is 3.92. The van der Waals surface area contributed by atoms with Crippen LogP contribution < -0.4 is 5.32 Å². The fraction of sp³-hybridized carbons (Fsp3) is 1.00. The molecule has 0 unspecified atom stereocenters. The second kappa shape index (κ2) is 4.40. The smallest absolute Gasteiger partial charge is 0.169 e. The number of ether oxygens (including phenoxy) is 2. The highest BCUT2D eigenvalue weighted by atomic mass is 16.7. The third kappa shape index (κ3) is 2.42. The Labute approximate surface area is 79.8 Å². The molecule has 0 amide bonds. The largest absolute Gasteiger partial charge is 0.347 e. The monoisotopic (exact) mass is 185 g/mol. The van der Waals surface area contributed by atoms with Crippen LogP contribution in [0, 0.1) is 0 Å². The van der Waals surface area contributed by atoms with Crippen LogP contribution in [0.25, 0.3) is 0 Å². The van der Waals surface area contributed by atoms with Crippen molar-refractivity contribution in [2.45, 2.75) is 37.9 Å². The first-order valence-corrected chi connectivity index (χ1v) is 5.40. The van der Waals surface area contributed by atoms with Gasteiger partial charge in [0.1, 0.15) is 0 Å². The van der Waals surface area contributed by atoms with Gasteiger partial charge in [-0.1, -0.05) is 6.42 Å². The maximum atomic E-state index is 5.71. The fourth-order valence-corrected chi connectivity index (χ4v) is 2.14. The highest BCUT2D eigenvalue weighted by Crippen LogP contribution is 2.29. The lowest BCUT2D eigenvalue weighted by atomic mass is 10.1. The summed E-state index contributed by atoms with van der Waals surface area (Å²) in [5.74, 6) is -0.225. The van der Waals surface area contributed by atoms with Gasteiger partial charge in [0.05, 0.1) is 13.2 Å². The van der Waals surface area contributed by atoms with Crippen LogP contribution in [0.5, 0.6) is 0 Å². The predicted octanol–water partition coefficient (Wildman–Crippen LogP) is 1.28. The van der Waals surface area contributed by atoms with Crippen molar-refractivity contribution < 1.29 is 9.47 Å². The molecule has 0 aliphatic carbocycles. The Hall–Kier alpha value is -0.120. The van der Waals surface area contributed by atoms with E-state index < -0.39 is 0 Å². The van der Waals surface area contributed by atoms with Gasteiger partial charge in [0.15, 0.2) is 5.79 Å². The van der Waals surface area contributed by atoms with Crippen molar-refractivity contribution in [2.24, 2.45) is 0 Å². The zero-order valence-corrected chi connectivity index (χ0v) is 8.18. The van der Waals surface area contributed by atoms with Gasteiger partial charge in [0.25, 0.3) is 0 Å². The van der Waals surface area contributed by atoms with E-state index in [9.17, 15) is 0 Å². The molecule has 2 saturated heterocycles. The Morgan fingerprint density at radius 2 is 1.69 bits per heavy atom. The number of rotatable bonds is 0. The van der Waals surface area contributed by atoms with E-state index >= 15 is 0 Å². The molecular weight excluding hydrogens is 166 g/mol. The van der Waals surface area contributed by atoms with Gasteiger partial charge in [-0.3, -0.25) is 0 Å². The molecule has 0 radical (unpaired) electrons. The third-order valence-corrected chi connectivity index (χ3v) is 2.91. The molecule has 3 nitrogen and oxygen atoms in total. The van der Waals surface area contributed by atoms with E-state index in [1.807, 2.05) is 0 Å². The second-order valence-corrected chi connectivity index (χ2v) is 3.92. The van der Waals surface area contributed by atoms with Gasteiger partial charge in [-0.15, -0.1) is 0 Å². The summed E-state index contributed by atoms with van der Waals surface area (Å²) in [7, 11) is 0. The molecule has 0 aromatic heterocycles. The van der Waals surface area contributed by atoms with Crippen molar-refractivity contribution in [3.05, 3.63) is 0 Å². The summed E-state index contributed by atoms with van der Waals surface area (Å²) < 4.78 is 11.4. The van der Waals surface area contributed by atoms with Crippen LogP contribution >= 0.6 is 0 Å². The van der Waals surface area contributed by atoms with Gasteiger partial charge in [0.2, 0.25) is 0 Å². The number of hydrogen-bond donors (Lipinski definition) is 1. The molecule has 0 aromatic carbocycles. The molecule has 13 heavy (non-hydrogen) atoms. The van der Waals surface area contributed by atoms with Gasteiger partial charge in [-0.05, 0) is 19.4 Å². The average molecular weight is 185 g/mol. The van der Waals surface area contributed by atoms with E-state index in [0.717, 1.165) is 39.1 Å². The summed E-state index contributed by atoms with van der Waals surface area (Å²) in [6, 6.07) is 0. The molecule has 2 aliphatic rings. The zero-order chi connectivity index (χ0) is 8.99. The molecule has 0 aromatic rings. The first-order chi connectivity index (χ1) is 6.41. The van der Waals surface area contributed by atoms with Gasteiger partial charge in [0, 0.05) is 19.4 Å². The number of nitrogens with one attached hydrogen (secondary N) is 1. The summed E-state index contributed by atoms with van der Waals surface area (Å²) in [4.78, 5) is 0. The lowest BCUT2D eigenvalue weighted by molar-refractivity contribution is -0.166. The minimum atomic E-state index is -0.225. The van der Waals surface area contributed by atoms with Crippen LogP contribution in [0.1, 0.15) is 32.1 Å². The molecule has 1 spiro atoms. The van der Waals surface area contributed by atoms with E-state index in [2.05, 4.69) is 5.32 Å². The average Bonchev–Trinajstić information content (AvgIpc) is 2.62. The van der Waals surface area contributed by atoms with Crippen molar-refractivity contribution >= 4 is 0 Å². The topological polar surface area (TPSA) is 30.5 Å². The van der Waals surface area contributed by atoms with Crippen molar-refractivity contribution in [2.75, 3.05) is 26.3 Å². The number of hydrogen-bond acceptors (Lipinski definition) is 3. The van der Waals surface area contributed by atoms with Gasteiger partial charge in [-0.25, -0.2) is 0 Å². The van der Waals surface area contributed by atoms with Crippen molar-refractivity contribution in [1.29, 1.82) is 0 Å². The highest BCUT2D eigenvalue weighted by molar-refractivity contribution is 4.76. The van der Waals surface area contributed by atoms with Gasteiger partial charge in [-0.2, -0.15) is 0 Å². The van der Waals surface area contributed by atoms with Crippen LogP contribution in [-0.2, 0) is 9.47 Å². The van der Waals surface area contributed by atoms with Crippen LogP contribution in [0.4, 0.5) is 0 Å². The zero-order valence-electron chi connectivity index (χ0n) is 8.18. The Bertz CT molecular complexity index is 143. The fourth-order valence-electron chi connectivity index (χ4n) is 2.14. The quantitative estimate of drug-likeness (QED) is 0.616. The maximum absolute atomic E-state index is 5.71. The molecule has 2 rings (SSSR count). The molecule has 76 valence electrons. The minimum Gasteiger partial charge on any atom is -0.347 e. The van der Waals surface area contributed by atoms with Crippen molar-refractivity contribution in [3.63, 3.8) is 0 Å². The van der Waals surface area contributed by atoms with E-state index in [1.165, 1.54) is 19.3 Å². The van der Waals surface area contributed by atoms with Gasteiger partial charge < -0.3 is 14.8 Å². The van der Waals surface area contributed by atoms with Gasteiger partial charge >= 0.3 is 0 Å². The van der Waals surface area contributed by atoms with Crippen LogP contribution in [0.3, 0.4) is 0 Å². The Kier molecular flexibility index (Phi) is 3.19. The van der Waals surface area contributed by atoms with Crippen molar-refractivity contribution in [1.82, 2.24) is 5.32 Å². The molecule has 0 saturated carbocycles. The standard InChI is InChI=1S/C10H19NO2/c1-2-4-10(12-8-9-13-10)5-7-11-6-3-1/h11H,1-9H2. The van der Waals surface area contributed by atoms with Crippen LogP contribution in [0.2, 0.25) is 0 Å². The lowest BCUT2D eigenvalue weighted by Gasteiger charge is -2.26. The van der Waals surface area contributed by atoms with E-state index in [0.29, 0.717) is 0 Å². The predicted molar refractivity (Wildman–Crippen MR) is 50.6 cm³/mol. The molecule has 0 bridgehead atoms. The summed E-state index contributed by atoms with van der Waals surface area (Å²) >= 11 is 0. The first kappa shape index (κ1) is 9.44. The summed E-state index contributed by atoms with van der Waals surface area (Å²) in [6.45, 7) is 3.73. The highest BCUT2D eigenvalue weighted by Gasteiger charge is 2.35. The molecule has 3 heteroatoms. The van der Waals surface area contributed by atoms with Crippen LogP contribution in [0.15, 0.2) is 0 Å². The minimum absolute atomic E-state index is 0.225. The molecular formula is C10H19NO2. The van der Waals surface area contributed by atoms with E-state index in [4.69, 9.17) is 9.47 Å². The lowest BCUT2D eigenvalue weighted by Crippen LogP contribution is -2.33. The Balaban J connectivity index is 1.90. The van der Waals surface area contributed by atoms with E-state index in [-0.39, 0.29) is 5.79 Å². The maximum Gasteiger partial charge on any atom is 0.169 e. The summed E-state index contributed by atoms with van der Waals surface area (Å²) in [5, 5.41) is 3.42. The van der Waals surface area contributed by atoms with Crippen LogP contribution in [-0.4, -0.2) is 32.1 Å². The SMILES string of the molecule is C1CCNCCC2(CC1)OCCO2. The summed E-state index contributed by atoms with van der Waals surface area (Å²) in [5.41, 5.74) is 0. The van der Waals surface area contributed by atoms with E-state index in [1.54, 1.807) is 0 Å². The molecule has 0 atom stereocenters. The Morgan fingerprint density at radius 1 is 0.846 bits per heavy atom. The first-order valence-electron chi connectivity index (χ1n) is 5.40. The molecule has 2 fully saturated rings. The molecule has 2 heterocycles. The normalized spacial score (nSPS) is 29.5. The van der Waals surface area contributed by atoms with Crippen molar-refractivity contribution in [3.8, 4) is 0 Å². The molecule has 1 N–H and O–H groups in total. The summed E-state index contributed by atoms with van der Waals surface area (Å²) in [6.07, 6.45) is 5.90. The Morgan fingerprint density at radius 3 is 2.54 bits per heavy atom. The molecule has 2 aliphatic heterocycles. The third-order valence-electron chi connectivity index (χ3n) is 2.91.